The number of carbonyl (C=O) groups excluding carboxylic acids is 1. The highest BCUT2D eigenvalue weighted by atomic mass is 32.2. The van der Waals surface area contributed by atoms with Gasteiger partial charge in [-0.15, -0.1) is 0 Å². The van der Waals surface area contributed by atoms with Crippen molar-refractivity contribution in [2.24, 2.45) is 10.9 Å². The first kappa shape index (κ1) is 21.8. The van der Waals surface area contributed by atoms with E-state index in [1.165, 1.54) is 32.1 Å². The summed E-state index contributed by atoms with van der Waals surface area (Å²) >= 11 is 1.69. The van der Waals surface area contributed by atoms with Gasteiger partial charge in [-0.3, -0.25) is 9.69 Å². The fourth-order valence-electron chi connectivity index (χ4n) is 4.36. The van der Waals surface area contributed by atoms with Crippen LogP contribution in [0.5, 0.6) is 0 Å². The average Bonchev–Trinajstić information content (AvgIpc) is 2.81. The third-order valence-corrected chi connectivity index (χ3v) is 7.04. The molecule has 1 heterocycles. The molecule has 164 valence electrons. The largest absolute Gasteiger partial charge is 0.454 e. The lowest BCUT2D eigenvalue weighted by atomic mass is 9.86. The molecule has 0 saturated heterocycles. The molecule has 0 aromatic heterocycles. The van der Waals surface area contributed by atoms with Gasteiger partial charge >= 0.3 is 6.08 Å². The number of rotatable bonds is 5. The average molecular weight is 439 g/mol. The van der Waals surface area contributed by atoms with Crippen LogP contribution in [0.15, 0.2) is 57.2 Å². The number of hydrogen-bond acceptors (Lipinski definition) is 5. The van der Waals surface area contributed by atoms with Gasteiger partial charge in [-0.1, -0.05) is 56.0 Å². The van der Waals surface area contributed by atoms with E-state index in [4.69, 9.17) is 9.47 Å². The number of ether oxygens (including phenoxy) is 2. The molecule has 4 rings (SSSR count). The number of fused-ring (bicyclic) bond motifs is 2. The quantitative estimate of drug-likeness (QED) is 0.378. The van der Waals surface area contributed by atoms with Gasteiger partial charge < -0.3 is 9.47 Å². The van der Waals surface area contributed by atoms with Crippen LogP contribution >= 0.6 is 11.8 Å². The van der Waals surface area contributed by atoms with Crippen LogP contribution in [0.1, 0.15) is 51.9 Å². The highest BCUT2D eigenvalue weighted by molar-refractivity contribution is 7.99. The first-order valence-corrected chi connectivity index (χ1v) is 12.0. The van der Waals surface area contributed by atoms with Crippen molar-refractivity contribution in [2.45, 2.75) is 61.7 Å². The van der Waals surface area contributed by atoms with Crippen molar-refractivity contribution >= 4 is 40.8 Å². The molecular formula is C25H30N2O3S. The minimum absolute atomic E-state index is 0.150. The molecule has 2 aromatic rings. The molecule has 31 heavy (non-hydrogen) atoms. The number of anilines is 2. The molecule has 0 unspecified atom stereocenters. The molecule has 6 heteroatoms. The molecule has 2 aromatic carbocycles. The molecule has 0 atom stereocenters. The maximum atomic E-state index is 13.5. The maximum Gasteiger partial charge on any atom is 0.388 e. The molecule has 2 aliphatic rings. The second-order valence-electron chi connectivity index (χ2n) is 8.01. The van der Waals surface area contributed by atoms with Crippen LogP contribution < -0.4 is 4.90 Å². The van der Waals surface area contributed by atoms with Crippen LogP contribution in [-0.4, -0.2) is 25.7 Å². The van der Waals surface area contributed by atoms with E-state index in [1.807, 2.05) is 48.2 Å². The minimum Gasteiger partial charge on any atom is -0.454 e. The second kappa shape index (κ2) is 10.2. The van der Waals surface area contributed by atoms with Gasteiger partial charge in [0.05, 0.1) is 30.8 Å². The predicted octanol–water partition coefficient (Wildman–Crippen LogP) is 6.85. The zero-order valence-electron chi connectivity index (χ0n) is 18.3. The lowest BCUT2D eigenvalue weighted by molar-refractivity contribution is -0.118. The van der Waals surface area contributed by atoms with Gasteiger partial charge in [0.1, 0.15) is 0 Å². The number of methoxy groups -OCH3 is 1. The van der Waals surface area contributed by atoms with E-state index in [0.717, 1.165) is 27.6 Å². The smallest absolute Gasteiger partial charge is 0.388 e. The first-order chi connectivity index (χ1) is 15.2. The zero-order chi connectivity index (χ0) is 21.6. The van der Waals surface area contributed by atoms with E-state index >= 15 is 0 Å². The Morgan fingerprint density at radius 3 is 2.65 bits per heavy atom. The fourth-order valence-corrected chi connectivity index (χ4v) is 5.40. The lowest BCUT2D eigenvalue weighted by Gasteiger charge is -2.32. The van der Waals surface area contributed by atoms with Crippen molar-refractivity contribution in [3.63, 3.8) is 0 Å². The van der Waals surface area contributed by atoms with Crippen LogP contribution in [0.2, 0.25) is 0 Å². The summed E-state index contributed by atoms with van der Waals surface area (Å²) in [4.78, 5) is 22.0. The van der Waals surface area contributed by atoms with Gasteiger partial charge in [0.15, 0.2) is 0 Å². The Labute approximate surface area is 188 Å². The highest BCUT2D eigenvalue weighted by Gasteiger charge is 2.29. The van der Waals surface area contributed by atoms with E-state index in [2.05, 4.69) is 11.1 Å². The maximum absolute atomic E-state index is 13.5. The zero-order valence-corrected chi connectivity index (χ0v) is 19.1. The summed E-state index contributed by atoms with van der Waals surface area (Å²) in [6.07, 6.45) is 8.21. The fraction of sp³-hybridized carbons (Fsp3) is 0.440. The summed E-state index contributed by atoms with van der Waals surface area (Å²) in [6.45, 7) is 2.37. The number of benzene rings is 2. The minimum atomic E-state index is 0.150. The van der Waals surface area contributed by atoms with Crippen molar-refractivity contribution in [1.82, 2.24) is 0 Å². The van der Waals surface area contributed by atoms with Crippen molar-refractivity contribution < 1.29 is 14.3 Å². The third kappa shape index (κ3) is 5.06. The predicted molar refractivity (Wildman–Crippen MR) is 126 cm³/mol. The van der Waals surface area contributed by atoms with E-state index in [1.54, 1.807) is 18.9 Å². The lowest BCUT2D eigenvalue weighted by Crippen LogP contribution is -2.28. The molecular weight excluding hydrogens is 408 g/mol. The molecule has 1 amide bonds. The number of aliphatic imine (C=N–C) groups is 1. The van der Waals surface area contributed by atoms with E-state index in [0.29, 0.717) is 24.6 Å². The molecule has 0 spiro atoms. The van der Waals surface area contributed by atoms with Crippen molar-refractivity contribution in [1.29, 1.82) is 0 Å². The van der Waals surface area contributed by atoms with E-state index in [9.17, 15) is 4.79 Å². The first-order valence-electron chi connectivity index (χ1n) is 11.2. The summed E-state index contributed by atoms with van der Waals surface area (Å²) in [5, 5.41) is 0. The van der Waals surface area contributed by atoms with Gasteiger partial charge in [-0.2, -0.15) is 4.99 Å². The van der Waals surface area contributed by atoms with Crippen LogP contribution in [0.3, 0.4) is 0 Å². The Kier molecular flexibility index (Phi) is 7.17. The van der Waals surface area contributed by atoms with Crippen LogP contribution in [0.25, 0.3) is 0 Å². The Balaban J connectivity index is 1.63. The van der Waals surface area contributed by atoms with Gasteiger partial charge in [-0.25, -0.2) is 0 Å². The van der Waals surface area contributed by atoms with Crippen LogP contribution in [-0.2, 0) is 14.3 Å². The number of hydrogen-bond donors (Lipinski definition) is 0. The van der Waals surface area contributed by atoms with Gasteiger partial charge in [-0.05, 0) is 49.6 Å². The molecule has 0 N–H and O–H groups in total. The highest BCUT2D eigenvalue weighted by Crippen LogP contribution is 2.49. The Bertz CT molecular complexity index is 954. The monoisotopic (exact) mass is 438 g/mol. The molecule has 0 radical (unpaired) electrons. The summed E-state index contributed by atoms with van der Waals surface area (Å²) < 4.78 is 10.6. The molecule has 5 nitrogen and oxygen atoms in total. The summed E-state index contributed by atoms with van der Waals surface area (Å²) in [6, 6.07) is 14.0. The van der Waals surface area contributed by atoms with E-state index in [-0.39, 0.29) is 12.0 Å². The molecule has 1 aliphatic heterocycles. The summed E-state index contributed by atoms with van der Waals surface area (Å²) in [5.74, 6) is 0.829. The number of carbonyl (C=O) groups is 1. The third-order valence-electron chi connectivity index (χ3n) is 5.91. The standard InChI is InChI=1S/C25H30N2O3S/c1-3-30-25(29-2)26-19-14-15-23-21(17-19)27(20-11-7-8-12-22(20)31-23)24(28)16-13-18-9-5-4-6-10-18/h7-8,11-12,14-15,17-18H,3-6,9-10,13,16H2,1-2H3/b26-25+. The summed E-state index contributed by atoms with van der Waals surface area (Å²) in [5.41, 5.74) is 2.53. The molecule has 1 saturated carbocycles. The number of para-hydroxylation sites is 1. The van der Waals surface area contributed by atoms with Crippen LogP contribution in [0.4, 0.5) is 17.1 Å². The molecule has 1 aliphatic carbocycles. The Hall–Kier alpha value is -2.47. The number of nitrogens with zero attached hydrogens (tertiary/aromatic N) is 2. The van der Waals surface area contributed by atoms with Crippen LogP contribution in [0, 0.1) is 5.92 Å². The molecule has 1 fully saturated rings. The number of amides is 1. The van der Waals surface area contributed by atoms with Gasteiger partial charge in [0.2, 0.25) is 5.91 Å². The SMILES string of the molecule is CCO/C(=N/c1ccc2c(c1)N(C(=O)CCC1CCCCC1)c1ccccc1S2)OC. The second-order valence-corrected chi connectivity index (χ2v) is 9.09. The molecule has 0 bridgehead atoms. The van der Waals surface area contributed by atoms with Crippen molar-refractivity contribution in [3.05, 3.63) is 42.5 Å². The van der Waals surface area contributed by atoms with Crippen molar-refractivity contribution in [3.8, 4) is 0 Å². The van der Waals surface area contributed by atoms with Gasteiger partial charge in [0.25, 0.3) is 0 Å². The summed E-state index contributed by atoms with van der Waals surface area (Å²) in [7, 11) is 1.54. The topological polar surface area (TPSA) is 51.1 Å². The van der Waals surface area contributed by atoms with E-state index < -0.39 is 0 Å². The Morgan fingerprint density at radius 2 is 1.87 bits per heavy atom. The normalized spacial score (nSPS) is 16.5. The Morgan fingerprint density at radius 1 is 1.10 bits per heavy atom. The van der Waals surface area contributed by atoms with Crippen molar-refractivity contribution in [2.75, 3.05) is 18.6 Å². The van der Waals surface area contributed by atoms with Gasteiger partial charge in [0, 0.05) is 16.2 Å².